The van der Waals surface area contributed by atoms with Crippen molar-refractivity contribution in [1.82, 2.24) is 15.2 Å². The molecule has 1 saturated heterocycles. The summed E-state index contributed by atoms with van der Waals surface area (Å²) in [6, 6.07) is 0.639. The molecular formula is C11H19N3S. The molecular weight excluding hydrogens is 206 g/mol. The molecule has 2 rings (SSSR count). The van der Waals surface area contributed by atoms with Crippen molar-refractivity contribution < 1.29 is 0 Å². The van der Waals surface area contributed by atoms with E-state index in [0.717, 1.165) is 26.2 Å². The molecule has 1 aromatic heterocycles. The van der Waals surface area contributed by atoms with E-state index < -0.39 is 0 Å². The molecule has 1 aliphatic heterocycles. The molecule has 0 aromatic carbocycles. The van der Waals surface area contributed by atoms with Crippen LogP contribution in [0.15, 0.2) is 0 Å². The highest BCUT2D eigenvalue weighted by molar-refractivity contribution is 7.11. The summed E-state index contributed by atoms with van der Waals surface area (Å²) in [6.45, 7) is 10.9. The maximum Gasteiger partial charge on any atom is 0.0900 e. The molecule has 15 heavy (non-hydrogen) atoms. The van der Waals surface area contributed by atoms with E-state index in [-0.39, 0.29) is 0 Å². The molecule has 0 radical (unpaired) electrons. The quantitative estimate of drug-likeness (QED) is 0.828. The number of hydrogen-bond acceptors (Lipinski definition) is 4. The van der Waals surface area contributed by atoms with Crippen LogP contribution in [0.2, 0.25) is 0 Å². The van der Waals surface area contributed by atoms with Crippen LogP contribution in [0.25, 0.3) is 0 Å². The predicted octanol–water partition coefficient (Wildman–Crippen LogP) is 1.55. The SMILES string of the molecule is Cc1nc(C)c(CN2CCNCC2C)s1. The van der Waals surface area contributed by atoms with Crippen molar-refractivity contribution in [2.45, 2.75) is 33.4 Å². The molecule has 2 heterocycles. The van der Waals surface area contributed by atoms with Gasteiger partial charge in [-0.3, -0.25) is 4.90 Å². The van der Waals surface area contributed by atoms with E-state index in [1.54, 1.807) is 0 Å². The zero-order valence-corrected chi connectivity index (χ0v) is 10.5. The number of piperazine rings is 1. The molecule has 1 aromatic rings. The van der Waals surface area contributed by atoms with Gasteiger partial charge in [-0.2, -0.15) is 0 Å². The van der Waals surface area contributed by atoms with Crippen molar-refractivity contribution in [2.24, 2.45) is 0 Å². The summed E-state index contributed by atoms with van der Waals surface area (Å²) >= 11 is 1.84. The lowest BCUT2D eigenvalue weighted by atomic mass is 10.2. The van der Waals surface area contributed by atoms with Crippen molar-refractivity contribution in [1.29, 1.82) is 0 Å². The van der Waals surface area contributed by atoms with Gasteiger partial charge in [0.2, 0.25) is 0 Å². The second-order valence-electron chi connectivity index (χ2n) is 4.27. The summed E-state index contributed by atoms with van der Waals surface area (Å²) in [6.07, 6.45) is 0. The van der Waals surface area contributed by atoms with Crippen LogP contribution in [0.5, 0.6) is 0 Å². The molecule has 0 saturated carbocycles. The predicted molar refractivity (Wildman–Crippen MR) is 64.3 cm³/mol. The minimum Gasteiger partial charge on any atom is -0.314 e. The third-order valence-electron chi connectivity index (χ3n) is 2.99. The van der Waals surface area contributed by atoms with Gasteiger partial charge >= 0.3 is 0 Å². The average Bonchev–Trinajstić information content (AvgIpc) is 2.49. The second kappa shape index (κ2) is 4.60. The van der Waals surface area contributed by atoms with Crippen molar-refractivity contribution >= 4 is 11.3 Å². The Kier molecular flexibility index (Phi) is 3.38. The smallest absolute Gasteiger partial charge is 0.0900 e. The number of aromatic nitrogens is 1. The van der Waals surface area contributed by atoms with Crippen LogP contribution >= 0.6 is 11.3 Å². The van der Waals surface area contributed by atoms with E-state index in [4.69, 9.17) is 0 Å². The van der Waals surface area contributed by atoms with Crippen molar-refractivity contribution in [3.8, 4) is 0 Å². The fourth-order valence-electron chi connectivity index (χ4n) is 2.02. The van der Waals surface area contributed by atoms with Gasteiger partial charge in [0.25, 0.3) is 0 Å². The molecule has 84 valence electrons. The summed E-state index contributed by atoms with van der Waals surface area (Å²) in [5.41, 5.74) is 1.21. The van der Waals surface area contributed by atoms with Gasteiger partial charge in [0, 0.05) is 37.1 Å². The first-order valence-electron chi connectivity index (χ1n) is 5.54. The molecule has 4 heteroatoms. The normalized spacial score (nSPS) is 23.3. The highest BCUT2D eigenvalue weighted by Crippen LogP contribution is 2.20. The van der Waals surface area contributed by atoms with Gasteiger partial charge in [0.1, 0.15) is 0 Å². The third kappa shape index (κ3) is 2.56. The Hall–Kier alpha value is -0.450. The van der Waals surface area contributed by atoms with Crippen LogP contribution in [0.3, 0.4) is 0 Å². The molecule has 1 atom stereocenters. The van der Waals surface area contributed by atoms with Crippen LogP contribution in [0, 0.1) is 13.8 Å². The van der Waals surface area contributed by atoms with E-state index in [1.807, 2.05) is 11.3 Å². The van der Waals surface area contributed by atoms with Crippen molar-refractivity contribution in [3.63, 3.8) is 0 Å². The number of nitrogens with one attached hydrogen (secondary N) is 1. The van der Waals surface area contributed by atoms with Gasteiger partial charge < -0.3 is 5.32 Å². The highest BCUT2D eigenvalue weighted by Gasteiger charge is 2.19. The van der Waals surface area contributed by atoms with Gasteiger partial charge in [-0.15, -0.1) is 11.3 Å². The minimum absolute atomic E-state index is 0.639. The Morgan fingerprint density at radius 1 is 1.53 bits per heavy atom. The molecule has 1 aliphatic rings. The maximum absolute atomic E-state index is 4.48. The van der Waals surface area contributed by atoms with E-state index in [1.165, 1.54) is 15.6 Å². The van der Waals surface area contributed by atoms with E-state index in [9.17, 15) is 0 Å². The Labute approximate surface area is 95.5 Å². The molecule has 0 amide bonds. The summed E-state index contributed by atoms with van der Waals surface area (Å²) in [7, 11) is 0. The lowest BCUT2D eigenvalue weighted by molar-refractivity contribution is 0.167. The van der Waals surface area contributed by atoms with Crippen LogP contribution in [-0.2, 0) is 6.54 Å². The Morgan fingerprint density at radius 2 is 2.33 bits per heavy atom. The summed E-state index contributed by atoms with van der Waals surface area (Å²) in [5, 5.41) is 4.60. The third-order valence-corrected chi connectivity index (χ3v) is 4.04. The highest BCUT2D eigenvalue weighted by atomic mass is 32.1. The number of thiazole rings is 1. The zero-order valence-electron chi connectivity index (χ0n) is 9.71. The number of hydrogen-bond donors (Lipinski definition) is 1. The van der Waals surface area contributed by atoms with Crippen molar-refractivity contribution in [2.75, 3.05) is 19.6 Å². The van der Waals surface area contributed by atoms with E-state index in [2.05, 4.69) is 36.0 Å². The molecule has 0 spiro atoms. The molecule has 1 unspecified atom stereocenters. The van der Waals surface area contributed by atoms with Gasteiger partial charge in [-0.25, -0.2) is 4.98 Å². The molecule has 3 nitrogen and oxygen atoms in total. The minimum atomic E-state index is 0.639. The fraction of sp³-hybridized carbons (Fsp3) is 0.727. The summed E-state index contributed by atoms with van der Waals surface area (Å²) < 4.78 is 0. The van der Waals surface area contributed by atoms with Gasteiger partial charge in [-0.1, -0.05) is 0 Å². The van der Waals surface area contributed by atoms with E-state index in [0.29, 0.717) is 6.04 Å². The van der Waals surface area contributed by atoms with Crippen molar-refractivity contribution in [3.05, 3.63) is 15.6 Å². The maximum atomic E-state index is 4.48. The summed E-state index contributed by atoms with van der Waals surface area (Å²) in [4.78, 5) is 8.45. The lowest BCUT2D eigenvalue weighted by Gasteiger charge is -2.33. The van der Waals surface area contributed by atoms with Crippen LogP contribution < -0.4 is 5.32 Å². The molecule has 1 fully saturated rings. The fourth-order valence-corrected chi connectivity index (χ4v) is 2.99. The number of nitrogens with zero attached hydrogens (tertiary/aromatic N) is 2. The topological polar surface area (TPSA) is 28.2 Å². The Balaban J connectivity index is 2.04. The van der Waals surface area contributed by atoms with Crippen LogP contribution in [0.4, 0.5) is 0 Å². The van der Waals surface area contributed by atoms with Crippen LogP contribution in [-0.4, -0.2) is 35.6 Å². The number of aryl methyl sites for hydroxylation is 2. The average molecular weight is 225 g/mol. The second-order valence-corrected chi connectivity index (χ2v) is 5.55. The van der Waals surface area contributed by atoms with Gasteiger partial charge in [-0.05, 0) is 20.8 Å². The van der Waals surface area contributed by atoms with Crippen LogP contribution in [0.1, 0.15) is 22.5 Å². The summed E-state index contributed by atoms with van der Waals surface area (Å²) in [5.74, 6) is 0. The zero-order chi connectivity index (χ0) is 10.8. The largest absolute Gasteiger partial charge is 0.314 e. The molecule has 0 aliphatic carbocycles. The first kappa shape index (κ1) is 11.0. The van der Waals surface area contributed by atoms with E-state index >= 15 is 0 Å². The first-order valence-corrected chi connectivity index (χ1v) is 6.36. The first-order chi connectivity index (χ1) is 7.16. The standard InChI is InChI=1S/C11H19N3S/c1-8-6-12-4-5-14(8)7-11-9(2)13-10(3)15-11/h8,12H,4-7H2,1-3H3. The number of rotatable bonds is 2. The van der Waals surface area contributed by atoms with Gasteiger partial charge in [0.15, 0.2) is 0 Å². The molecule has 0 bridgehead atoms. The van der Waals surface area contributed by atoms with Gasteiger partial charge in [0.05, 0.1) is 10.7 Å². The Morgan fingerprint density at radius 3 is 2.93 bits per heavy atom. The monoisotopic (exact) mass is 225 g/mol. The lowest BCUT2D eigenvalue weighted by Crippen LogP contribution is -2.49. The molecule has 1 N–H and O–H groups in total. The Bertz CT molecular complexity index is 335.